The molecule has 13 heteroatoms. The van der Waals surface area contributed by atoms with Gasteiger partial charge >= 0.3 is 5.97 Å². The van der Waals surface area contributed by atoms with E-state index in [1.165, 1.54) is 28.8 Å². The third-order valence-corrected chi connectivity index (χ3v) is 9.02. The number of thioether (sulfide) groups is 1. The minimum absolute atomic E-state index is 0.0965. The molecule has 2 amide bonds. The molecule has 3 N–H and O–H groups in total. The van der Waals surface area contributed by atoms with Crippen molar-refractivity contribution < 1.29 is 27.9 Å². The fourth-order valence-corrected chi connectivity index (χ4v) is 7.35. The highest BCUT2D eigenvalue weighted by molar-refractivity contribution is 8.01. The molecule has 1 aromatic heterocycles. The van der Waals surface area contributed by atoms with Crippen molar-refractivity contribution >= 4 is 56.0 Å². The zero-order valence-corrected chi connectivity index (χ0v) is 19.5. The molecule has 170 valence electrons. The normalized spacial score (nSPS) is 23.9. The van der Waals surface area contributed by atoms with E-state index in [0.717, 1.165) is 11.3 Å². The van der Waals surface area contributed by atoms with Crippen LogP contribution in [0.3, 0.4) is 0 Å². The minimum Gasteiger partial charge on any atom is -0.480 e. The highest BCUT2D eigenvalue weighted by Crippen LogP contribution is 2.50. The number of β-lactam (4-membered cyclic amide) rings is 1. The Morgan fingerprint density at radius 1 is 1.25 bits per heavy atom. The molecule has 2 saturated heterocycles. The molecule has 2 aliphatic rings. The zero-order valence-electron chi connectivity index (χ0n) is 17.0. The van der Waals surface area contributed by atoms with Crippen LogP contribution in [0.25, 0.3) is 0 Å². The fraction of sp³-hybridized carbons (Fsp3) is 0.368. The van der Waals surface area contributed by atoms with E-state index < -0.39 is 50.0 Å². The topological polar surface area (TPSA) is 146 Å². The van der Waals surface area contributed by atoms with Crippen molar-refractivity contribution in [1.82, 2.24) is 15.2 Å². The van der Waals surface area contributed by atoms with Crippen LogP contribution in [0.15, 0.2) is 40.6 Å². The standard InChI is InChI=1S/C19H20N4O6S3/c1-19(2)14(17(26)27)23-15(25)13(16(23)31-19)21-12(24)8-10-9-30-18(20-10)22-32(28,29)11-6-4-3-5-7-11/h3-7,9,13-14,16H,8H2,1-2H3,(H,20,22)(H,21,24)(H,26,27)/t13-,14+,16-/m1/s1. The maximum absolute atomic E-state index is 12.5. The van der Waals surface area contributed by atoms with E-state index in [-0.39, 0.29) is 16.4 Å². The van der Waals surface area contributed by atoms with Gasteiger partial charge in [-0.15, -0.1) is 23.1 Å². The summed E-state index contributed by atoms with van der Waals surface area (Å²) in [4.78, 5) is 42.0. The Labute approximate surface area is 192 Å². The number of benzene rings is 1. The highest BCUT2D eigenvalue weighted by atomic mass is 32.2. The van der Waals surface area contributed by atoms with Gasteiger partial charge in [-0.3, -0.25) is 14.3 Å². The maximum Gasteiger partial charge on any atom is 0.327 e. The third-order valence-electron chi connectivity index (χ3n) is 5.16. The second kappa shape index (κ2) is 8.05. The van der Waals surface area contributed by atoms with Crippen LogP contribution in [0.2, 0.25) is 0 Å². The summed E-state index contributed by atoms with van der Waals surface area (Å²) in [5.41, 5.74) is 0.352. The summed E-state index contributed by atoms with van der Waals surface area (Å²) in [7, 11) is -3.79. The van der Waals surface area contributed by atoms with Gasteiger partial charge in [0.25, 0.3) is 10.0 Å². The number of nitrogens with one attached hydrogen (secondary N) is 2. The van der Waals surface area contributed by atoms with E-state index in [0.29, 0.717) is 5.69 Å². The van der Waals surface area contributed by atoms with Crippen molar-refractivity contribution in [3.63, 3.8) is 0 Å². The summed E-state index contributed by atoms with van der Waals surface area (Å²) < 4.78 is 26.5. The molecule has 10 nitrogen and oxygen atoms in total. The van der Waals surface area contributed by atoms with Crippen molar-refractivity contribution in [2.24, 2.45) is 0 Å². The van der Waals surface area contributed by atoms with E-state index in [9.17, 15) is 27.9 Å². The number of amides is 2. The molecule has 32 heavy (non-hydrogen) atoms. The summed E-state index contributed by atoms with van der Waals surface area (Å²) >= 11 is 2.39. The number of fused-ring (bicyclic) bond motifs is 1. The van der Waals surface area contributed by atoms with Gasteiger partial charge in [0.1, 0.15) is 17.5 Å². The Morgan fingerprint density at radius 3 is 2.59 bits per heavy atom. The number of aromatic nitrogens is 1. The van der Waals surface area contributed by atoms with Crippen molar-refractivity contribution in [2.45, 2.75) is 47.4 Å². The first-order valence-corrected chi connectivity index (χ1v) is 12.8. The van der Waals surface area contributed by atoms with Crippen LogP contribution >= 0.6 is 23.1 Å². The molecule has 0 spiro atoms. The SMILES string of the molecule is CC1(C)S[C@@H]2[C@H](NC(=O)Cc3csc(NS(=O)(=O)c4ccccc4)n3)C(=O)N2[C@H]1C(=O)O. The van der Waals surface area contributed by atoms with E-state index in [4.69, 9.17) is 0 Å². The van der Waals surface area contributed by atoms with Crippen molar-refractivity contribution in [3.05, 3.63) is 41.4 Å². The van der Waals surface area contributed by atoms with Gasteiger partial charge < -0.3 is 15.3 Å². The molecular weight excluding hydrogens is 476 g/mol. The Bertz CT molecular complexity index is 1180. The number of carbonyl (C=O) groups excluding carboxylic acids is 2. The second-order valence-corrected chi connectivity index (χ2v) is 12.2. The summed E-state index contributed by atoms with van der Waals surface area (Å²) in [6, 6.07) is 6.09. The molecule has 2 fully saturated rings. The number of hydrogen-bond donors (Lipinski definition) is 3. The van der Waals surface area contributed by atoms with Crippen LogP contribution in [-0.4, -0.2) is 63.4 Å². The van der Waals surface area contributed by atoms with E-state index in [2.05, 4.69) is 15.0 Å². The lowest BCUT2D eigenvalue weighted by molar-refractivity contribution is -0.161. The fourth-order valence-electron chi connectivity index (χ4n) is 3.74. The average molecular weight is 497 g/mol. The second-order valence-electron chi connectivity index (χ2n) is 7.88. The molecule has 0 saturated carbocycles. The first-order chi connectivity index (χ1) is 15.0. The van der Waals surface area contributed by atoms with Crippen LogP contribution in [0.4, 0.5) is 5.13 Å². The highest BCUT2D eigenvalue weighted by Gasteiger charge is 2.64. The molecule has 0 bridgehead atoms. The van der Waals surface area contributed by atoms with Gasteiger partial charge in [-0.05, 0) is 26.0 Å². The quantitative estimate of drug-likeness (QED) is 0.484. The number of nitrogens with zero attached hydrogens (tertiary/aromatic N) is 2. The molecule has 2 aliphatic heterocycles. The van der Waals surface area contributed by atoms with E-state index >= 15 is 0 Å². The number of sulfonamides is 1. The van der Waals surface area contributed by atoms with Crippen LogP contribution < -0.4 is 10.0 Å². The number of carboxylic acid groups (broad SMARTS) is 1. The van der Waals surface area contributed by atoms with E-state index in [1.807, 2.05) is 0 Å². The number of carboxylic acids is 1. The molecule has 0 unspecified atom stereocenters. The molecule has 3 atom stereocenters. The molecule has 2 aromatic rings. The summed E-state index contributed by atoms with van der Waals surface area (Å²) in [6.07, 6.45) is -0.142. The number of thiazole rings is 1. The van der Waals surface area contributed by atoms with Crippen molar-refractivity contribution in [1.29, 1.82) is 0 Å². The lowest BCUT2D eigenvalue weighted by atomic mass is 9.96. The Kier molecular flexibility index (Phi) is 5.67. The Morgan fingerprint density at radius 2 is 1.94 bits per heavy atom. The van der Waals surface area contributed by atoms with Gasteiger partial charge in [0.15, 0.2) is 5.13 Å². The largest absolute Gasteiger partial charge is 0.480 e. The van der Waals surface area contributed by atoms with Gasteiger partial charge in [0.05, 0.1) is 17.0 Å². The van der Waals surface area contributed by atoms with Gasteiger partial charge in [0, 0.05) is 10.1 Å². The van der Waals surface area contributed by atoms with Crippen LogP contribution in [-0.2, 0) is 30.8 Å². The van der Waals surface area contributed by atoms with Crippen LogP contribution in [0.5, 0.6) is 0 Å². The van der Waals surface area contributed by atoms with Gasteiger partial charge in [-0.2, -0.15) is 0 Å². The molecule has 0 radical (unpaired) electrons. The predicted octanol–water partition coefficient (Wildman–Crippen LogP) is 1.12. The number of rotatable bonds is 7. The third kappa shape index (κ3) is 4.07. The average Bonchev–Trinajstić information content (AvgIpc) is 3.25. The summed E-state index contributed by atoms with van der Waals surface area (Å²) in [5, 5.41) is 13.4. The van der Waals surface area contributed by atoms with Gasteiger partial charge in [0.2, 0.25) is 11.8 Å². The number of hydrogen-bond acceptors (Lipinski definition) is 8. The first-order valence-electron chi connectivity index (χ1n) is 9.54. The molecular formula is C19H20N4O6S3. The van der Waals surface area contributed by atoms with Crippen LogP contribution in [0, 0.1) is 0 Å². The lowest BCUT2D eigenvalue weighted by Gasteiger charge is -2.43. The Balaban J connectivity index is 1.37. The van der Waals surface area contributed by atoms with Crippen molar-refractivity contribution in [3.8, 4) is 0 Å². The monoisotopic (exact) mass is 496 g/mol. The Hall–Kier alpha value is -2.64. The van der Waals surface area contributed by atoms with Crippen molar-refractivity contribution in [2.75, 3.05) is 4.72 Å². The predicted molar refractivity (Wildman–Crippen MR) is 119 cm³/mol. The summed E-state index contributed by atoms with van der Waals surface area (Å²) in [5.74, 6) is -1.96. The molecule has 4 rings (SSSR count). The number of anilines is 1. The van der Waals surface area contributed by atoms with E-state index in [1.54, 1.807) is 37.4 Å². The number of aliphatic carboxylic acids is 1. The van der Waals surface area contributed by atoms with Gasteiger partial charge in [-0.25, -0.2) is 18.2 Å². The number of carbonyl (C=O) groups is 3. The zero-order chi connectivity index (χ0) is 23.3. The minimum atomic E-state index is -3.79. The van der Waals surface area contributed by atoms with Crippen LogP contribution in [0.1, 0.15) is 19.5 Å². The first kappa shape index (κ1) is 22.6. The molecule has 1 aromatic carbocycles. The smallest absolute Gasteiger partial charge is 0.327 e. The van der Waals surface area contributed by atoms with Gasteiger partial charge in [-0.1, -0.05) is 18.2 Å². The maximum atomic E-state index is 12.5. The molecule has 0 aliphatic carbocycles. The lowest BCUT2D eigenvalue weighted by Crippen LogP contribution is -2.70. The molecule has 3 heterocycles. The summed E-state index contributed by atoms with van der Waals surface area (Å²) in [6.45, 7) is 3.52.